The van der Waals surface area contributed by atoms with Crippen LogP contribution in [-0.2, 0) is 22.6 Å². The molecule has 0 bridgehead atoms. The number of carbonyl (C=O) groups is 2. The van der Waals surface area contributed by atoms with E-state index in [2.05, 4.69) is 5.10 Å². The van der Waals surface area contributed by atoms with E-state index < -0.39 is 48.9 Å². The topological polar surface area (TPSA) is 129 Å². The molecule has 0 spiro atoms. The minimum absolute atomic E-state index is 0.197. The third-order valence-electron chi connectivity index (χ3n) is 5.33. The SMILES string of the molecule is NC(=O)OCC(CC(=O)Cn1nc(-c2ccc(Cl)cc2)n(C[C@H](O)C(F)(F)F)c1=O)c1ccccc1Cl. The second kappa shape index (κ2) is 11.8. The number of rotatable bonds is 10. The van der Waals surface area contributed by atoms with Crippen LogP contribution in [0.3, 0.4) is 0 Å². The van der Waals surface area contributed by atoms with Crippen LogP contribution in [0.25, 0.3) is 11.4 Å². The van der Waals surface area contributed by atoms with E-state index >= 15 is 0 Å². The van der Waals surface area contributed by atoms with Gasteiger partial charge in [0, 0.05) is 27.9 Å². The fourth-order valence-electron chi connectivity index (χ4n) is 3.55. The first kappa shape index (κ1) is 28.2. The van der Waals surface area contributed by atoms with Gasteiger partial charge in [0.05, 0.1) is 6.54 Å². The van der Waals surface area contributed by atoms with Crippen molar-refractivity contribution in [1.29, 1.82) is 0 Å². The molecule has 2 atom stereocenters. The molecular weight excluding hydrogens is 540 g/mol. The molecular formula is C23H21Cl2F3N4O5. The third kappa shape index (κ3) is 7.34. The van der Waals surface area contributed by atoms with E-state index in [0.29, 0.717) is 24.9 Å². The fourth-order valence-corrected chi connectivity index (χ4v) is 3.97. The zero-order chi connectivity index (χ0) is 27.3. The Morgan fingerprint density at radius 1 is 1.11 bits per heavy atom. The van der Waals surface area contributed by atoms with Gasteiger partial charge in [0.25, 0.3) is 0 Å². The van der Waals surface area contributed by atoms with Gasteiger partial charge in [-0.1, -0.05) is 41.4 Å². The lowest BCUT2D eigenvalue weighted by atomic mass is 9.94. The number of halogens is 5. The molecule has 0 fully saturated rings. The zero-order valence-corrected chi connectivity index (χ0v) is 20.5. The van der Waals surface area contributed by atoms with Gasteiger partial charge in [0.1, 0.15) is 13.2 Å². The van der Waals surface area contributed by atoms with Crippen LogP contribution in [0, 0.1) is 0 Å². The maximum absolute atomic E-state index is 13.0. The highest BCUT2D eigenvalue weighted by Gasteiger charge is 2.39. The molecule has 0 aliphatic heterocycles. The normalized spacial score (nSPS) is 13.2. The summed E-state index contributed by atoms with van der Waals surface area (Å²) in [6.07, 6.45) is -9.15. The first-order valence-electron chi connectivity index (χ1n) is 10.7. The van der Waals surface area contributed by atoms with E-state index in [1.54, 1.807) is 24.3 Å². The van der Waals surface area contributed by atoms with E-state index in [9.17, 15) is 32.7 Å². The van der Waals surface area contributed by atoms with Crippen LogP contribution < -0.4 is 11.4 Å². The number of hydrogen-bond acceptors (Lipinski definition) is 6. The molecule has 3 rings (SSSR count). The molecule has 14 heteroatoms. The minimum Gasteiger partial charge on any atom is -0.449 e. The van der Waals surface area contributed by atoms with Gasteiger partial charge < -0.3 is 15.6 Å². The van der Waals surface area contributed by atoms with Gasteiger partial charge in [-0.15, -0.1) is 5.10 Å². The maximum atomic E-state index is 13.0. The molecule has 3 N–H and O–H groups in total. The number of amides is 1. The van der Waals surface area contributed by atoms with E-state index in [0.717, 1.165) is 0 Å². The van der Waals surface area contributed by atoms with Crippen LogP contribution >= 0.6 is 23.2 Å². The van der Waals surface area contributed by atoms with E-state index in [1.165, 1.54) is 24.3 Å². The Balaban J connectivity index is 1.92. The lowest BCUT2D eigenvalue weighted by Gasteiger charge is -2.17. The van der Waals surface area contributed by atoms with Crippen LogP contribution in [0.4, 0.5) is 18.0 Å². The molecule has 1 aromatic heterocycles. The van der Waals surface area contributed by atoms with Crippen molar-refractivity contribution < 1.29 is 32.6 Å². The van der Waals surface area contributed by atoms with Crippen molar-refractivity contribution in [1.82, 2.24) is 14.3 Å². The number of ether oxygens (including phenoxy) is 1. The molecule has 0 saturated carbocycles. The second-order valence-electron chi connectivity index (χ2n) is 8.03. The summed E-state index contributed by atoms with van der Waals surface area (Å²) in [5, 5.41) is 14.3. The Hall–Kier alpha value is -3.35. The lowest BCUT2D eigenvalue weighted by Crippen LogP contribution is -2.37. The Kier molecular flexibility index (Phi) is 9.00. The molecule has 198 valence electrons. The zero-order valence-electron chi connectivity index (χ0n) is 19.0. The first-order chi connectivity index (χ1) is 17.4. The molecule has 9 nitrogen and oxygen atoms in total. The number of ketones is 1. The summed E-state index contributed by atoms with van der Waals surface area (Å²) in [4.78, 5) is 37.0. The predicted molar refractivity (Wildman–Crippen MR) is 128 cm³/mol. The van der Waals surface area contributed by atoms with Gasteiger partial charge in [-0.05, 0) is 35.9 Å². The van der Waals surface area contributed by atoms with Crippen molar-refractivity contribution >= 4 is 35.1 Å². The number of alkyl halides is 3. The summed E-state index contributed by atoms with van der Waals surface area (Å²) in [5.41, 5.74) is 4.74. The predicted octanol–water partition coefficient (Wildman–Crippen LogP) is 3.78. The number of benzene rings is 2. The van der Waals surface area contributed by atoms with Crippen LogP contribution in [0.15, 0.2) is 53.3 Å². The number of hydrogen-bond donors (Lipinski definition) is 2. The highest BCUT2D eigenvalue weighted by atomic mass is 35.5. The van der Waals surface area contributed by atoms with Crippen LogP contribution in [0.1, 0.15) is 17.9 Å². The van der Waals surface area contributed by atoms with Crippen molar-refractivity contribution in [2.75, 3.05) is 6.61 Å². The molecule has 1 amide bonds. The second-order valence-corrected chi connectivity index (χ2v) is 8.87. The largest absolute Gasteiger partial charge is 0.449 e. The third-order valence-corrected chi connectivity index (χ3v) is 5.93. The molecule has 0 aliphatic carbocycles. The van der Waals surface area contributed by atoms with Crippen molar-refractivity contribution in [3.8, 4) is 11.4 Å². The van der Waals surface area contributed by atoms with Gasteiger partial charge >= 0.3 is 18.0 Å². The summed E-state index contributed by atoms with van der Waals surface area (Å²) in [6, 6.07) is 12.3. The van der Waals surface area contributed by atoms with Gasteiger partial charge in [0.2, 0.25) is 0 Å². The Morgan fingerprint density at radius 3 is 2.35 bits per heavy atom. The number of carbonyl (C=O) groups excluding carboxylic acids is 2. The summed E-state index contributed by atoms with van der Waals surface area (Å²) in [5.74, 6) is -1.46. The van der Waals surface area contributed by atoms with Gasteiger partial charge in [-0.2, -0.15) is 13.2 Å². The first-order valence-corrected chi connectivity index (χ1v) is 11.5. The molecule has 0 radical (unpaired) electrons. The average molecular weight is 561 g/mol. The summed E-state index contributed by atoms with van der Waals surface area (Å²) >= 11 is 12.1. The Labute approximate surface area is 218 Å². The summed E-state index contributed by atoms with van der Waals surface area (Å²) in [6.45, 7) is -2.02. The standard InChI is InChI=1S/C23H21Cl2F3N4O5/c24-15-7-5-13(6-8-15)20-30-32(22(36)31(20)11-19(34)23(26,27)28)10-16(33)9-14(12-37-21(29)35)17-3-1-2-4-18(17)25/h1-8,14,19,34H,9-12H2,(H2,29,35)/t14?,19-/m0/s1. The lowest BCUT2D eigenvalue weighted by molar-refractivity contribution is -0.207. The quantitative estimate of drug-likeness (QED) is 0.388. The van der Waals surface area contributed by atoms with Gasteiger partial charge in [-0.3, -0.25) is 9.36 Å². The number of aliphatic hydroxyl groups is 1. The number of primary amides is 1. The number of aromatic nitrogens is 3. The maximum Gasteiger partial charge on any atom is 0.416 e. The number of nitrogens with zero attached hydrogens (tertiary/aromatic N) is 3. The van der Waals surface area contributed by atoms with E-state index in [-0.39, 0.29) is 24.4 Å². The number of aliphatic hydroxyl groups excluding tert-OH is 1. The smallest absolute Gasteiger partial charge is 0.416 e. The van der Waals surface area contributed by atoms with Crippen LogP contribution in [0.2, 0.25) is 10.0 Å². The Morgan fingerprint density at radius 2 is 1.76 bits per heavy atom. The van der Waals surface area contributed by atoms with Crippen LogP contribution in [-0.4, -0.2) is 50.2 Å². The van der Waals surface area contributed by atoms with Crippen molar-refractivity contribution in [2.24, 2.45) is 5.73 Å². The molecule has 1 unspecified atom stereocenters. The number of Topliss-reactive ketones (excluding diaryl/α,β-unsaturated/α-hetero) is 1. The average Bonchev–Trinajstić information content (AvgIpc) is 3.11. The monoisotopic (exact) mass is 560 g/mol. The Bertz CT molecular complexity index is 1330. The van der Waals surface area contributed by atoms with Gasteiger partial charge in [-0.25, -0.2) is 14.3 Å². The van der Waals surface area contributed by atoms with E-state index in [4.69, 9.17) is 33.7 Å². The molecule has 37 heavy (non-hydrogen) atoms. The van der Waals surface area contributed by atoms with E-state index in [1.807, 2.05) is 0 Å². The highest BCUT2D eigenvalue weighted by molar-refractivity contribution is 6.31. The van der Waals surface area contributed by atoms with Crippen molar-refractivity contribution in [3.63, 3.8) is 0 Å². The fraction of sp³-hybridized carbons (Fsp3) is 0.304. The van der Waals surface area contributed by atoms with Crippen molar-refractivity contribution in [3.05, 3.63) is 74.6 Å². The van der Waals surface area contributed by atoms with Gasteiger partial charge in [0.15, 0.2) is 17.7 Å². The molecule has 0 saturated heterocycles. The van der Waals surface area contributed by atoms with Crippen LogP contribution in [0.5, 0.6) is 0 Å². The molecule has 0 aliphatic rings. The molecule has 2 aromatic carbocycles. The molecule has 3 aromatic rings. The highest BCUT2D eigenvalue weighted by Crippen LogP contribution is 2.28. The minimum atomic E-state index is -4.99. The van der Waals surface area contributed by atoms with Crippen molar-refractivity contribution in [2.45, 2.75) is 37.7 Å². The summed E-state index contributed by atoms with van der Waals surface area (Å²) in [7, 11) is 0. The summed E-state index contributed by atoms with van der Waals surface area (Å²) < 4.78 is 45.2. The molecule has 1 heterocycles. The number of nitrogens with two attached hydrogens (primary N) is 1.